The molecule has 0 aromatic carbocycles. The van der Waals surface area contributed by atoms with Gasteiger partial charge in [0.05, 0.1) is 18.7 Å². The van der Waals surface area contributed by atoms with Crippen LogP contribution in [0.25, 0.3) is 0 Å². The van der Waals surface area contributed by atoms with Crippen LogP contribution in [-0.4, -0.2) is 86.9 Å². The van der Waals surface area contributed by atoms with Crippen LogP contribution in [0.5, 0.6) is 0 Å². The highest BCUT2D eigenvalue weighted by molar-refractivity contribution is 7.15. The van der Waals surface area contributed by atoms with Crippen molar-refractivity contribution in [1.82, 2.24) is 9.80 Å². The van der Waals surface area contributed by atoms with Gasteiger partial charge in [0.25, 0.3) is 0 Å². The van der Waals surface area contributed by atoms with Crippen molar-refractivity contribution in [2.75, 3.05) is 64.4 Å². The molecule has 1 saturated heterocycles. The number of amides is 1. The minimum Gasteiger partial charge on any atom is -0.462 e. The molecule has 2 aliphatic rings. The molecule has 0 unspecified atom stereocenters. The molecule has 3 rings (SSSR count). The minimum absolute atomic E-state index is 0.0780. The van der Waals surface area contributed by atoms with Gasteiger partial charge in [-0.15, -0.1) is 11.3 Å². The molecule has 32 heavy (non-hydrogen) atoms. The molecular formula is C21H30F3N3O4S. The van der Waals surface area contributed by atoms with Gasteiger partial charge in [-0.2, -0.15) is 13.2 Å². The fourth-order valence-corrected chi connectivity index (χ4v) is 4.74. The summed E-state index contributed by atoms with van der Waals surface area (Å²) in [6.07, 6.45) is -1.65. The van der Waals surface area contributed by atoms with Gasteiger partial charge in [0.1, 0.15) is 11.6 Å². The van der Waals surface area contributed by atoms with Gasteiger partial charge in [-0.25, -0.2) is 4.79 Å². The molecule has 1 amide bonds. The van der Waals surface area contributed by atoms with Crippen LogP contribution in [0, 0.1) is 0 Å². The number of hydrogen-bond acceptors (Lipinski definition) is 7. The first kappa shape index (κ1) is 24.9. The van der Waals surface area contributed by atoms with Crippen LogP contribution in [0.1, 0.15) is 48.0 Å². The highest BCUT2D eigenvalue weighted by Gasteiger charge is 2.32. The molecule has 0 atom stereocenters. The quantitative estimate of drug-likeness (QED) is 0.390. The van der Waals surface area contributed by atoms with Gasteiger partial charge in [-0.3, -0.25) is 9.69 Å². The molecule has 0 bridgehead atoms. The lowest BCUT2D eigenvalue weighted by Gasteiger charge is -2.34. The summed E-state index contributed by atoms with van der Waals surface area (Å²) in [6, 6.07) is 0. The van der Waals surface area contributed by atoms with Crippen LogP contribution >= 0.6 is 11.3 Å². The maximum atomic E-state index is 12.6. The lowest BCUT2D eigenvalue weighted by atomic mass is 10.1. The Kier molecular flexibility index (Phi) is 8.92. The fourth-order valence-electron chi connectivity index (χ4n) is 3.69. The second kappa shape index (κ2) is 11.4. The third-order valence-corrected chi connectivity index (χ3v) is 6.34. The number of piperazine rings is 1. The summed E-state index contributed by atoms with van der Waals surface area (Å²) in [7, 11) is 0. The van der Waals surface area contributed by atoms with E-state index in [-0.39, 0.29) is 25.7 Å². The van der Waals surface area contributed by atoms with Crippen LogP contribution in [0.4, 0.5) is 18.2 Å². The van der Waals surface area contributed by atoms with Crippen molar-refractivity contribution >= 4 is 28.2 Å². The first-order chi connectivity index (χ1) is 15.3. The third kappa shape index (κ3) is 7.72. The van der Waals surface area contributed by atoms with Crippen molar-refractivity contribution in [3.8, 4) is 0 Å². The average Bonchev–Trinajstić information content (AvgIpc) is 3.49. The summed E-state index contributed by atoms with van der Waals surface area (Å²) in [6.45, 7) is 4.67. The normalized spacial score (nSPS) is 18.0. The maximum absolute atomic E-state index is 12.6. The largest absolute Gasteiger partial charge is 0.462 e. The van der Waals surface area contributed by atoms with Gasteiger partial charge in [-0.1, -0.05) is 0 Å². The molecule has 1 N–H and O–H groups in total. The maximum Gasteiger partial charge on any atom is 0.411 e. The monoisotopic (exact) mass is 477 g/mol. The second-order valence-corrected chi connectivity index (χ2v) is 8.96. The van der Waals surface area contributed by atoms with Crippen molar-refractivity contribution in [1.29, 1.82) is 0 Å². The second-order valence-electron chi connectivity index (χ2n) is 8.08. The standard InChI is InChI=1S/C21H30F3N3O4S/c1-2-31-20(29)18-16(15-4-5-15)13-32-19(18)25-17(28)12-27-9-7-26(8-10-27)6-3-11-30-14-21(22,23)24/h13,15H,2-12,14H2,1H3,(H,25,28). The number of hydrogen-bond donors (Lipinski definition) is 1. The van der Waals surface area contributed by atoms with Crippen LogP contribution in [-0.2, 0) is 14.3 Å². The fraction of sp³-hybridized carbons (Fsp3) is 0.714. The highest BCUT2D eigenvalue weighted by atomic mass is 32.1. The Morgan fingerprint density at radius 3 is 2.50 bits per heavy atom. The molecule has 11 heteroatoms. The molecular weight excluding hydrogens is 447 g/mol. The Morgan fingerprint density at radius 1 is 1.19 bits per heavy atom. The minimum atomic E-state index is -4.29. The average molecular weight is 478 g/mol. The van der Waals surface area contributed by atoms with Crippen LogP contribution in [0.15, 0.2) is 5.38 Å². The molecule has 2 heterocycles. The Hall–Kier alpha value is -1.69. The Labute approximate surface area is 189 Å². The van der Waals surface area contributed by atoms with E-state index in [1.54, 1.807) is 6.92 Å². The van der Waals surface area contributed by atoms with E-state index in [0.717, 1.165) is 31.5 Å². The first-order valence-corrected chi connectivity index (χ1v) is 11.8. The van der Waals surface area contributed by atoms with Crippen LogP contribution in [0.3, 0.4) is 0 Å². The predicted molar refractivity (Wildman–Crippen MR) is 115 cm³/mol. The third-order valence-electron chi connectivity index (χ3n) is 5.43. The zero-order valence-electron chi connectivity index (χ0n) is 18.2. The van der Waals surface area contributed by atoms with Gasteiger partial charge in [-0.05, 0) is 43.0 Å². The summed E-state index contributed by atoms with van der Waals surface area (Å²) in [5.74, 6) is -0.184. The summed E-state index contributed by atoms with van der Waals surface area (Å²) in [5, 5.41) is 5.38. The number of anilines is 1. The predicted octanol–water partition coefficient (Wildman–Crippen LogP) is 3.33. The number of alkyl halides is 3. The summed E-state index contributed by atoms with van der Waals surface area (Å²) < 4.78 is 46.0. The molecule has 1 aromatic rings. The summed E-state index contributed by atoms with van der Waals surface area (Å²) in [4.78, 5) is 29.2. The zero-order chi connectivity index (χ0) is 23.1. The van der Waals surface area contributed by atoms with Gasteiger partial charge in [0, 0.05) is 39.3 Å². The van der Waals surface area contributed by atoms with Crippen molar-refractivity contribution < 1.29 is 32.2 Å². The van der Waals surface area contributed by atoms with Crippen LogP contribution in [0.2, 0.25) is 0 Å². The zero-order valence-corrected chi connectivity index (χ0v) is 19.0. The number of rotatable bonds is 11. The molecule has 1 aromatic heterocycles. The van der Waals surface area contributed by atoms with E-state index in [1.807, 2.05) is 10.3 Å². The van der Waals surface area contributed by atoms with Gasteiger partial charge in [0.15, 0.2) is 0 Å². The molecule has 1 aliphatic heterocycles. The van der Waals surface area contributed by atoms with Gasteiger partial charge >= 0.3 is 12.1 Å². The summed E-state index contributed by atoms with van der Waals surface area (Å²) in [5.41, 5.74) is 1.46. The molecule has 0 spiro atoms. The van der Waals surface area contributed by atoms with Gasteiger partial charge < -0.3 is 19.7 Å². The van der Waals surface area contributed by atoms with E-state index in [2.05, 4.69) is 15.0 Å². The van der Waals surface area contributed by atoms with E-state index >= 15 is 0 Å². The van der Waals surface area contributed by atoms with Gasteiger partial charge in [0.2, 0.25) is 5.91 Å². The van der Waals surface area contributed by atoms with Crippen molar-refractivity contribution in [2.45, 2.75) is 38.3 Å². The Bertz CT molecular complexity index is 775. The number of thiophene rings is 1. The number of halogens is 3. The molecule has 1 saturated carbocycles. The van der Waals surface area contributed by atoms with Crippen LogP contribution < -0.4 is 5.32 Å². The molecule has 2 fully saturated rings. The number of esters is 1. The molecule has 1 aliphatic carbocycles. The van der Waals surface area contributed by atoms with E-state index in [1.165, 1.54) is 11.3 Å². The molecule has 180 valence electrons. The lowest BCUT2D eigenvalue weighted by Crippen LogP contribution is -2.48. The topological polar surface area (TPSA) is 71.1 Å². The number of nitrogens with one attached hydrogen (secondary N) is 1. The summed E-state index contributed by atoms with van der Waals surface area (Å²) >= 11 is 1.36. The van der Waals surface area contributed by atoms with Crippen molar-refractivity contribution in [3.63, 3.8) is 0 Å². The van der Waals surface area contributed by atoms with E-state index in [4.69, 9.17) is 4.74 Å². The Morgan fingerprint density at radius 2 is 1.88 bits per heavy atom. The lowest BCUT2D eigenvalue weighted by molar-refractivity contribution is -0.174. The van der Waals surface area contributed by atoms with Crippen molar-refractivity contribution in [2.24, 2.45) is 0 Å². The van der Waals surface area contributed by atoms with E-state index in [0.29, 0.717) is 42.5 Å². The highest BCUT2D eigenvalue weighted by Crippen LogP contribution is 2.46. The van der Waals surface area contributed by atoms with E-state index < -0.39 is 18.8 Å². The molecule has 7 nitrogen and oxygen atoms in total. The number of ether oxygens (including phenoxy) is 2. The smallest absolute Gasteiger partial charge is 0.411 e. The van der Waals surface area contributed by atoms with E-state index in [9.17, 15) is 22.8 Å². The number of carbonyl (C=O) groups excluding carboxylic acids is 2. The van der Waals surface area contributed by atoms with Crippen molar-refractivity contribution in [3.05, 3.63) is 16.5 Å². The molecule has 0 radical (unpaired) electrons. The number of nitrogens with zero attached hydrogens (tertiary/aromatic N) is 2. The Balaban J connectivity index is 1.40. The number of carbonyl (C=O) groups is 2. The SMILES string of the molecule is CCOC(=O)c1c(C2CC2)csc1NC(=O)CN1CCN(CCCOCC(F)(F)F)CC1. The first-order valence-electron chi connectivity index (χ1n) is 10.9.